The molecule has 0 saturated carbocycles. The smallest absolute Gasteiger partial charge is 0.131 e. The van der Waals surface area contributed by atoms with Crippen LogP contribution in [0.3, 0.4) is 0 Å². The van der Waals surface area contributed by atoms with Gasteiger partial charge in [0.1, 0.15) is 17.2 Å². The zero-order valence-electron chi connectivity index (χ0n) is 10.2. The van der Waals surface area contributed by atoms with Crippen molar-refractivity contribution < 1.29 is 13.9 Å². The van der Waals surface area contributed by atoms with Crippen molar-refractivity contribution in [3.05, 3.63) is 29.6 Å². The van der Waals surface area contributed by atoms with Crippen LogP contribution in [0.5, 0.6) is 5.75 Å². The average molecular weight is 239 g/mol. The molecule has 0 aromatic heterocycles. The fourth-order valence-corrected chi connectivity index (χ4v) is 2.19. The summed E-state index contributed by atoms with van der Waals surface area (Å²) in [5, 5.41) is 0. The molecule has 17 heavy (non-hydrogen) atoms. The van der Waals surface area contributed by atoms with Crippen molar-refractivity contribution in [1.82, 2.24) is 0 Å². The number of hydrogen-bond donors (Lipinski definition) is 1. The number of fused-ring (bicyclic) bond motifs is 1. The predicted octanol–water partition coefficient (Wildman–Crippen LogP) is 2.40. The SMILES string of the molecule is CCOCC1(C)C[C@H](N)c2ccc(F)cc2O1. The summed E-state index contributed by atoms with van der Waals surface area (Å²) in [5.41, 5.74) is 6.47. The van der Waals surface area contributed by atoms with Gasteiger partial charge in [0, 0.05) is 30.7 Å². The molecular formula is C13H18FNO2. The number of halogens is 1. The number of nitrogens with two attached hydrogens (primary N) is 1. The maximum absolute atomic E-state index is 13.2. The standard InChI is InChI=1S/C13H18FNO2/c1-3-16-8-13(2)7-11(15)10-5-4-9(14)6-12(10)17-13/h4-6,11H,3,7-8,15H2,1-2H3/t11-,13?/m0/s1. The van der Waals surface area contributed by atoms with Crippen molar-refractivity contribution in [1.29, 1.82) is 0 Å². The van der Waals surface area contributed by atoms with Crippen LogP contribution in [0.2, 0.25) is 0 Å². The van der Waals surface area contributed by atoms with E-state index in [1.807, 2.05) is 13.8 Å². The van der Waals surface area contributed by atoms with Gasteiger partial charge in [-0.3, -0.25) is 0 Å². The van der Waals surface area contributed by atoms with Crippen molar-refractivity contribution in [2.45, 2.75) is 31.9 Å². The number of rotatable bonds is 3. The first-order valence-electron chi connectivity index (χ1n) is 5.86. The Morgan fingerprint density at radius 3 is 3.06 bits per heavy atom. The van der Waals surface area contributed by atoms with Crippen molar-refractivity contribution >= 4 is 0 Å². The Morgan fingerprint density at radius 2 is 2.35 bits per heavy atom. The Balaban J connectivity index is 2.25. The highest BCUT2D eigenvalue weighted by Crippen LogP contribution is 2.38. The molecule has 3 nitrogen and oxygen atoms in total. The number of hydrogen-bond acceptors (Lipinski definition) is 3. The summed E-state index contributed by atoms with van der Waals surface area (Å²) in [6.07, 6.45) is 0.672. The quantitative estimate of drug-likeness (QED) is 0.881. The van der Waals surface area contributed by atoms with Gasteiger partial charge in [-0.15, -0.1) is 0 Å². The Bertz CT molecular complexity index is 410. The Kier molecular flexibility index (Phi) is 3.35. The second-order valence-electron chi connectivity index (χ2n) is 4.68. The van der Waals surface area contributed by atoms with E-state index in [9.17, 15) is 4.39 Å². The van der Waals surface area contributed by atoms with Gasteiger partial charge in [-0.1, -0.05) is 6.07 Å². The molecule has 1 heterocycles. The minimum atomic E-state index is -0.476. The molecule has 1 aliphatic rings. The monoisotopic (exact) mass is 239 g/mol. The van der Waals surface area contributed by atoms with E-state index in [2.05, 4.69) is 0 Å². The highest BCUT2D eigenvalue weighted by molar-refractivity contribution is 5.39. The molecule has 1 aromatic rings. The van der Waals surface area contributed by atoms with Crippen LogP contribution in [0.15, 0.2) is 18.2 Å². The Hall–Kier alpha value is -1.13. The third-order valence-corrected chi connectivity index (χ3v) is 2.99. The molecule has 0 aliphatic carbocycles. The minimum Gasteiger partial charge on any atom is -0.485 e. The maximum atomic E-state index is 13.2. The molecule has 2 N–H and O–H groups in total. The van der Waals surface area contributed by atoms with Crippen LogP contribution in [-0.4, -0.2) is 18.8 Å². The highest BCUT2D eigenvalue weighted by atomic mass is 19.1. The summed E-state index contributed by atoms with van der Waals surface area (Å²) in [6, 6.07) is 4.35. The van der Waals surface area contributed by atoms with E-state index in [-0.39, 0.29) is 11.9 Å². The van der Waals surface area contributed by atoms with Gasteiger partial charge in [-0.05, 0) is 19.9 Å². The summed E-state index contributed by atoms with van der Waals surface area (Å²) in [4.78, 5) is 0. The second kappa shape index (κ2) is 4.63. The Labute approximate surface area is 101 Å². The van der Waals surface area contributed by atoms with Crippen LogP contribution in [0.4, 0.5) is 4.39 Å². The van der Waals surface area contributed by atoms with Crippen LogP contribution in [0, 0.1) is 5.82 Å². The van der Waals surface area contributed by atoms with Gasteiger partial charge in [0.05, 0.1) is 6.61 Å². The first kappa shape index (κ1) is 12.3. The van der Waals surface area contributed by atoms with Crippen molar-refractivity contribution in [3.8, 4) is 5.75 Å². The molecule has 1 aromatic carbocycles. The molecule has 0 fully saturated rings. The lowest BCUT2D eigenvalue weighted by atomic mass is 9.89. The fourth-order valence-electron chi connectivity index (χ4n) is 2.19. The molecule has 2 atom stereocenters. The van der Waals surface area contributed by atoms with Crippen LogP contribution < -0.4 is 10.5 Å². The Morgan fingerprint density at radius 1 is 1.59 bits per heavy atom. The number of benzene rings is 1. The first-order chi connectivity index (χ1) is 8.04. The van der Waals surface area contributed by atoms with Gasteiger partial charge in [-0.25, -0.2) is 4.39 Å². The van der Waals surface area contributed by atoms with Crippen molar-refractivity contribution in [2.24, 2.45) is 5.73 Å². The third-order valence-electron chi connectivity index (χ3n) is 2.99. The van der Waals surface area contributed by atoms with E-state index in [0.717, 1.165) is 5.56 Å². The summed E-state index contributed by atoms with van der Waals surface area (Å²) < 4.78 is 24.4. The van der Waals surface area contributed by atoms with Crippen LogP contribution in [0.1, 0.15) is 31.9 Å². The molecule has 0 radical (unpaired) electrons. The minimum absolute atomic E-state index is 0.134. The summed E-state index contributed by atoms with van der Waals surface area (Å²) >= 11 is 0. The average Bonchev–Trinajstić information content (AvgIpc) is 2.25. The van der Waals surface area contributed by atoms with Gasteiger partial charge in [-0.2, -0.15) is 0 Å². The summed E-state index contributed by atoms with van der Waals surface area (Å²) in [6.45, 7) is 4.97. The maximum Gasteiger partial charge on any atom is 0.131 e. The van der Waals surface area contributed by atoms with E-state index in [0.29, 0.717) is 25.4 Å². The zero-order valence-corrected chi connectivity index (χ0v) is 10.2. The normalized spacial score (nSPS) is 27.4. The van der Waals surface area contributed by atoms with Crippen molar-refractivity contribution in [3.63, 3.8) is 0 Å². The van der Waals surface area contributed by atoms with Crippen LogP contribution >= 0.6 is 0 Å². The van der Waals surface area contributed by atoms with E-state index < -0.39 is 5.60 Å². The predicted molar refractivity (Wildman–Crippen MR) is 63.5 cm³/mol. The highest BCUT2D eigenvalue weighted by Gasteiger charge is 2.36. The second-order valence-corrected chi connectivity index (χ2v) is 4.68. The van der Waals surface area contributed by atoms with Gasteiger partial charge < -0.3 is 15.2 Å². The molecule has 4 heteroatoms. The summed E-state index contributed by atoms with van der Waals surface area (Å²) in [5.74, 6) is 0.225. The van der Waals surface area contributed by atoms with Gasteiger partial charge in [0.15, 0.2) is 0 Å². The topological polar surface area (TPSA) is 44.5 Å². The lowest BCUT2D eigenvalue weighted by molar-refractivity contribution is -0.0303. The van der Waals surface area contributed by atoms with Gasteiger partial charge >= 0.3 is 0 Å². The molecule has 0 bridgehead atoms. The fraction of sp³-hybridized carbons (Fsp3) is 0.538. The lowest BCUT2D eigenvalue weighted by Crippen LogP contribution is -2.44. The molecule has 0 spiro atoms. The van der Waals surface area contributed by atoms with E-state index in [4.69, 9.17) is 15.2 Å². The molecule has 1 unspecified atom stereocenters. The summed E-state index contributed by atoms with van der Waals surface area (Å²) in [7, 11) is 0. The van der Waals surface area contributed by atoms with Crippen LogP contribution in [0.25, 0.3) is 0 Å². The largest absolute Gasteiger partial charge is 0.485 e. The van der Waals surface area contributed by atoms with Gasteiger partial charge in [0.25, 0.3) is 0 Å². The van der Waals surface area contributed by atoms with E-state index in [1.54, 1.807) is 6.07 Å². The molecular weight excluding hydrogens is 221 g/mol. The molecule has 1 aliphatic heterocycles. The zero-order chi connectivity index (χ0) is 12.5. The molecule has 2 rings (SSSR count). The van der Waals surface area contributed by atoms with Gasteiger partial charge in [0.2, 0.25) is 0 Å². The van der Waals surface area contributed by atoms with Crippen molar-refractivity contribution in [2.75, 3.05) is 13.2 Å². The lowest BCUT2D eigenvalue weighted by Gasteiger charge is -2.38. The number of ether oxygens (including phenoxy) is 2. The van der Waals surface area contributed by atoms with E-state index in [1.165, 1.54) is 12.1 Å². The molecule has 94 valence electrons. The van der Waals surface area contributed by atoms with E-state index >= 15 is 0 Å². The third kappa shape index (κ3) is 2.58. The molecule has 0 amide bonds. The first-order valence-corrected chi connectivity index (χ1v) is 5.86. The van der Waals surface area contributed by atoms with Crippen LogP contribution in [-0.2, 0) is 4.74 Å². The molecule has 0 saturated heterocycles.